The second-order valence-corrected chi connectivity index (χ2v) is 6.94. The Morgan fingerprint density at radius 2 is 2.00 bits per heavy atom. The molecule has 32 heavy (non-hydrogen) atoms. The minimum atomic E-state index is -0.594. The average Bonchev–Trinajstić information content (AvgIpc) is 2.79. The molecule has 2 aromatic carbocycles. The first-order valence-corrected chi connectivity index (χ1v) is 9.63. The maximum absolute atomic E-state index is 12.8. The summed E-state index contributed by atoms with van der Waals surface area (Å²) in [7, 11) is 1.57. The Morgan fingerprint density at radius 3 is 2.62 bits per heavy atom. The van der Waals surface area contributed by atoms with Gasteiger partial charge < -0.3 is 9.84 Å². The molecule has 0 aliphatic heterocycles. The largest absolute Gasteiger partial charge is 0.497 e. The number of aryl methyl sites for hydroxylation is 1. The number of aromatic nitrogens is 1. The van der Waals surface area contributed by atoms with Crippen molar-refractivity contribution in [1.29, 1.82) is 5.26 Å². The summed E-state index contributed by atoms with van der Waals surface area (Å²) in [6.45, 7) is 1.69. The first-order chi connectivity index (χ1) is 15.3. The smallest absolute Gasteiger partial charge is 0.271 e. The number of nitriles is 1. The van der Waals surface area contributed by atoms with Crippen molar-refractivity contribution in [3.05, 3.63) is 91.3 Å². The second-order valence-electron chi connectivity index (χ2n) is 6.94. The minimum absolute atomic E-state index is 0.0991. The van der Waals surface area contributed by atoms with Crippen molar-refractivity contribution < 1.29 is 14.8 Å². The number of ether oxygens (including phenoxy) is 1. The summed E-state index contributed by atoms with van der Waals surface area (Å²) in [5.74, 6) is 0.379. The van der Waals surface area contributed by atoms with E-state index in [0.717, 1.165) is 10.1 Å². The summed E-state index contributed by atoms with van der Waals surface area (Å²) in [6.07, 6.45) is 1.74. The lowest BCUT2D eigenvalue weighted by Gasteiger charge is -2.14. The standard InChI is InChI=1S/C23H20N4O5/c1-15-20(13-24)22(28)26(11-10-16-6-8-19(32-2)9-7-16)23(29)21(15)14-25-17-4-3-5-18(12-17)27(30)31/h3-9,12,14,29H,10-11H2,1-2H3. The van der Waals surface area contributed by atoms with Gasteiger partial charge in [0.15, 0.2) is 0 Å². The molecule has 0 saturated carbocycles. The topological polar surface area (TPSA) is 131 Å². The molecule has 0 radical (unpaired) electrons. The zero-order chi connectivity index (χ0) is 23.3. The second kappa shape index (κ2) is 9.57. The summed E-state index contributed by atoms with van der Waals surface area (Å²) in [6, 6.07) is 14.9. The molecule has 0 aliphatic rings. The molecular formula is C23H20N4O5. The van der Waals surface area contributed by atoms with Gasteiger partial charge in [0.1, 0.15) is 17.4 Å². The molecule has 0 amide bonds. The fourth-order valence-electron chi connectivity index (χ4n) is 3.19. The fraction of sp³-hybridized carbons (Fsp3) is 0.174. The zero-order valence-electron chi connectivity index (χ0n) is 17.5. The van der Waals surface area contributed by atoms with Crippen LogP contribution in [0.1, 0.15) is 22.3 Å². The molecule has 0 spiro atoms. The third-order valence-electron chi connectivity index (χ3n) is 5.01. The molecule has 3 rings (SSSR count). The third kappa shape index (κ3) is 4.65. The Balaban J connectivity index is 1.98. The monoisotopic (exact) mass is 432 g/mol. The van der Waals surface area contributed by atoms with E-state index in [0.29, 0.717) is 17.9 Å². The van der Waals surface area contributed by atoms with Gasteiger partial charge in [0.25, 0.3) is 11.2 Å². The molecular weight excluding hydrogens is 412 g/mol. The van der Waals surface area contributed by atoms with E-state index in [1.165, 1.54) is 24.4 Å². The van der Waals surface area contributed by atoms with Crippen molar-refractivity contribution in [2.75, 3.05) is 7.11 Å². The molecule has 3 aromatic rings. The average molecular weight is 432 g/mol. The van der Waals surface area contributed by atoms with Gasteiger partial charge in [-0.3, -0.25) is 24.5 Å². The number of aromatic hydroxyl groups is 1. The number of methoxy groups -OCH3 is 1. The molecule has 0 atom stereocenters. The van der Waals surface area contributed by atoms with Crippen molar-refractivity contribution in [1.82, 2.24) is 4.57 Å². The summed E-state index contributed by atoms with van der Waals surface area (Å²) >= 11 is 0. The highest BCUT2D eigenvalue weighted by atomic mass is 16.6. The molecule has 1 N–H and O–H groups in total. The van der Waals surface area contributed by atoms with Crippen molar-refractivity contribution in [3.8, 4) is 17.7 Å². The van der Waals surface area contributed by atoms with E-state index < -0.39 is 10.5 Å². The zero-order valence-corrected chi connectivity index (χ0v) is 17.5. The number of hydrogen-bond donors (Lipinski definition) is 1. The van der Waals surface area contributed by atoms with Crippen LogP contribution in [-0.2, 0) is 13.0 Å². The quantitative estimate of drug-likeness (QED) is 0.344. The van der Waals surface area contributed by atoms with E-state index in [-0.39, 0.29) is 34.8 Å². The molecule has 0 unspecified atom stereocenters. The maximum Gasteiger partial charge on any atom is 0.271 e. The van der Waals surface area contributed by atoms with Crippen molar-refractivity contribution >= 4 is 17.6 Å². The molecule has 9 nitrogen and oxygen atoms in total. The SMILES string of the molecule is COc1ccc(CCn2c(O)c(C=Nc3cccc([N+](=O)[O-])c3)c(C)c(C#N)c2=O)cc1. The number of rotatable bonds is 7. The lowest BCUT2D eigenvalue weighted by molar-refractivity contribution is -0.384. The van der Waals surface area contributed by atoms with Crippen LogP contribution in [0.3, 0.4) is 0 Å². The number of benzene rings is 2. The Hall–Kier alpha value is -4.45. The van der Waals surface area contributed by atoms with Gasteiger partial charge in [-0.2, -0.15) is 5.26 Å². The Labute approximate surface area is 183 Å². The van der Waals surface area contributed by atoms with E-state index in [9.17, 15) is 25.3 Å². The van der Waals surface area contributed by atoms with Crippen LogP contribution >= 0.6 is 0 Å². The van der Waals surface area contributed by atoms with E-state index in [1.54, 1.807) is 32.2 Å². The molecule has 0 fully saturated rings. The van der Waals surface area contributed by atoms with Gasteiger partial charge in [0.05, 0.1) is 23.3 Å². The lowest BCUT2D eigenvalue weighted by atomic mass is 10.1. The summed E-state index contributed by atoms with van der Waals surface area (Å²) in [5, 5.41) is 31.2. The number of nitro groups is 1. The van der Waals surface area contributed by atoms with E-state index >= 15 is 0 Å². The van der Waals surface area contributed by atoms with Crippen LogP contribution in [0.25, 0.3) is 0 Å². The first-order valence-electron chi connectivity index (χ1n) is 9.63. The van der Waals surface area contributed by atoms with E-state index in [4.69, 9.17) is 4.74 Å². The Bertz CT molecular complexity index is 1290. The van der Waals surface area contributed by atoms with Gasteiger partial charge >= 0.3 is 0 Å². The number of non-ortho nitro benzene ring substituents is 1. The van der Waals surface area contributed by atoms with Crippen LogP contribution in [0.5, 0.6) is 11.6 Å². The normalized spacial score (nSPS) is 10.8. The Kier molecular flexibility index (Phi) is 6.65. The number of pyridine rings is 1. The minimum Gasteiger partial charge on any atom is -0.497 e. The van der Waals surface area contributed by atoms with Crippen LogP contribution in [0.2, 0.25) is 0 Å². The van der Waals surface area contributed by atoms with Gasteiger partial charge in [-0.15, -0.1) is 0 Å². The van der Waals surface area contributed by atoms with Crippen molar-refractivity contribution in [3.63, 3.8) is 0 Å². The molecule has 1 aromatic heterocycles. The number of aliphatic imine (C=N–C) groups is 1. The predicted octanol–water partition coefficient (Wildman–Crippen LogP) is 3.64. The van der Waals surface area contributed by atoms with Crippen LogP contribution < -0.4 is 10.3 Å². The maximum atomic E-state index is 12.8. The first kappa shape index (κ1) is 22.2. The fourth-order valence-corrected chi connectivity index (χ4v) is 3.19. The number of hydrogen-bond acceptors (Lipinski definition) is 7. The summed E-state index contributed by atoms with van der Waals surface area (Å²) in [5.41, 5.74) is 0.882. The lowest BCUT2D eigenvalue weighted by Crippen LogP contribution is -2.26. The molecule has 0 aliphatic carbocycles. The molecule has 162 valence electrons. The summed E-state index contributed by atoms with van der Waals surface area (Å²) < 4.78 is 6.26. The van der Waals surface area contributed by atoms with E-state index in [2.05, 4.69) is 4.99 Å². The molecule has 0 bridgehead atoms. The third-order valence-corrected chi connectivity index (χ3v) is 5.01. The van der Waals surface area contributed by atoms with Gasteiger partial charge in [-0.25, -0.2) is 0 Å². The highest BCUT2D eigenvalue weighted by Gasteiger charge is 2.18. The van der Waals surface area contributed by atoms with Crippen LogP contribution in [0.4, 0.5) is 11.4 Å². The van der Waals surface area contributed by atoms with Crippen molar-refractivity contribution in [2.24, 2.45) is 4.99 Å². The number of nitro benzene ring substituents is 1. The predicted molar refractivity (Wildman–Crippen MR) is 119 cm³/mol. The molecule has 1 heterocycles. The van der Waals surface area contributed by atoms with Gasteiger partial charge in [0.2, 0.25) is 5.88 Å². The van der Waals surface area contributed by atoms with Crippen LogP contribution in [-0.4, -0.2) is 27.9 Å². The van der Waals surface area contributed by atoms with Crippen LogP contribution in [0, 0.1) is 28.4 Å². The summed E-state index contributed by atoms with van der Waals surface area (Å²) in [4.78, 5) is 27.4. The molecule has 0 saturated heterocycles. The highest BCUT2D eigenvalue weighted by molar-refractivity contribution is 5.87. The van der Waals surface area contributed by atoms with E-state index in [1.807, 2.05) is 18.2 Å². The van der Waals surface area contributed by atoms with Gasteiger partial charge in [-0.05, 0) is 42.7 Å². The molecule has 9 heteroatoms. The highest BCUT2D eigenvalue weighted by Crippen LogP contribution is 2.24. The number of nitrogens with zero attached hydrogens (tertiary/aromatic N) is 4. The van der Waals surface area contributed by atoms with Gasteiger partial charge in [-0.1, -0.05) is 18.2 Å². The van der Waals surface area contributed by atoms with Gasteiger partial charge in [0, 0.05) is 24.9 Å². The van der Waals surface area contributed by atoms with Crippen LogP contribution in [0.15, 0.2) is 58.3 Å². The Morgan fingerprint density at radius 1 is 1.28 bits per heavy atom. The van der Waals surface area contributed by atoms with Crippen molar-refractivity contribution in [2.45, 2.75) is 19.9 Å².